The molecule has 11 heteroatoms. The van der Waals surface area contributed by atoms with E-state index >= 15 is 0 Å². The van der Waals surface area contributed by atoms with E-state index in [4.69, 9.17) is 4.74 Å². The van der Waals surface area contributed by atoms with Gasteiger partial charge in [-0.1, -0.05) is 13.8 Å². The highest BCUT2D eigenvalue weighted by molar-refractivity contribution is 7.88. The van der Waals surface area contributed by atoms with Crippen molar-refractivity contribution in [2.45, 2.75) is 38.9 Å². The minimum absolute atomic E-state index is 0.0800. The maximum absolute atomic E-state index is 13.5. The lowest BCUT2D eigenvalue weighted by molar-refractivity contribution is -0.129. The summed E-state index contributed by atoms with van der Waals surface area (Å²) in [5, 5.41) is 4.52. The van der Waals surface area contributed by atoms with Crippen LogP contribution in [0.25, 0.3) is 0 Å². The molecule has 2 amide bonds. The number of carbonyl (C=O) groups excluding carboxylic acids is 2. The van der Waals surface area contributed by atoms with Gasteiger partial charge in [-0.25, -0.2) is 12.7 Å². The van der Waals surface area contributed by atoms with Gasteiger partial charge >= 0.3 is 0 Å². The number of amides is 2. The topological polar surface area (TPSA) is 105 Å². The van der Waals surface area contributed by atoms with Crippen LogP contribution in [-0.4, -0.2) is 95.3 Å². The van der Waals surface area contributed by atoms with Gasteiger partial charge < -0.3 is 9.64 Å². The predicted octanol–water partition coefficient (Wildman–Crippen LogP) is -0.0906. The van der Waals surface area contributed by atoms with E-state index in [-0.39, 0.29) is 11.8 Å². The fraction of sp³-hybridized carbons (Fsp3) is 0.750. The first kappa shape index (κ1) is 22.2. The molecule has 3 atom stereocenters. The fourth-order valence-electron chi connectivity index (χ4n) is 5.21. The van der Waals surface area contributed by atoms with E-state index in [2.05, 4.69) is 10.00 Å². The van der Waals surface area contributed by atoms with Gasteiger partial charge in [0.15, 0.2) is 0 Å². The Morgan fingerprint density at radius 3 is 2.55 bits per heavy atom. The van der Waals surface area contributed by atoms with Crippen LogP contribution in [0.4, 0.5) is 0 Å². The average molecular weight is 454 g/mol. The van der Waals surface area contributed by atoms with Crippen molar-refractivity contribution < 1.29 is 22.7 Å². The minimum Gasteiger partial charge on any atom is -0.379 e. The Balaban J connectivity index is 1.58. The van der Waals surface area contributed by atoms with Gasteiger partial charge in [-0.3, -0.25) is 19.2 Å². The lowest BCUT2D eigenvalue weighted by Gasteiger charge is -2.29. The molecule has 0 bridgehead atoms. The summed E-state index contributed by atoms with van der Waals surface area (Å²) in [6.45, 7) is 7.90. The summed E-state index contributed by atoms with van der Waals surface area (Å²) in [4.78, 5) is 30.4. The number of morpholine rings is 1. The summed E-state index contributed by atoms with van der Waals surface area (Å²) in [5.41, 5.74) is 1.26. The molecule has 0 aliphatic carbocycles. The Kier molecular flexibility index (Phi) is 5.86. The number of carbonyl (C=O) groups is 2. The second-order valence-electron chi connectivity index (χ2n) is 9.05. The predicted molar refractivity (Wildman–Crippen MR) is 113 cm³/mol. The number of rotatable bonds is 5. The van der Waals surface area contributed by atoms with Gasteiger partial charge in [0.25, 0.3) is 5.91 Å². The van der Waals surface area contributed by atoms with Gasteiger partial charge in [0.2, 0.25) is 15.9 Å². The molecule has 1 aromatic heterocycles. The minimum atomic E-state index is -3.69. The number of likely N-dealkylation sites (tertiary alicyclic amines) is 1. The Morgan fingerprint density at radius 2 is 1.94 bits per heavy atom. The van der Waals surface area contributed by atoms with Crippen LogP contribution < -0.4 is 0 Å². The third-order valence-corrected chi connectivity index (χ3v) is 7.73. The molecule has 0 aromatic carbocycles. The van der Waals surface area contributed by atoms with Crippen molar-refractivity contribution in [1.29, 1.82) is 0 Å². The van der Waals surface area contributed by atoms with Gasteiger partial charge in [-0.05, 0) is 18.4 Å². The van der Waals surface area contributed by atoms with Crippen molar-refractivity contribution in [2.24, 2.45) is 18.9 Å². The van der Waals surface area contributed by atoms with E-state index < -0.39 is 33.9 Å². The van der Waals surface area contributed by atoms with Crippen LogP contribution in [0.3, 0.4) is 0 Å². The van der Waals surface area contributed by atoms with Crippen molar-refractivity contribution in [3.8, 4) is 0 Å². The molecule has 10 nitrogen and oxygen atoms in total. The highest BCUT2D eigenvalue weighted by Crippen LogP contribution is 2.41. The van der Waals surface area contributed by atoms with Crippen molar-refractivity contribution in [2.75, 3.05) is 39.1 Å². The van der Waals surface area contributed by atoms with Gasteiger partial charge in [0, 0.05) is 33.2 Å². The largest absolute Gasteiger partial charge is 0.379 e. The van der Waals surface area contributed by atoms with Crippen LogP contribution in [0.5, 0.6) is 0 Å². The second-order valence-corrected chi connectivity index (χ2v) is 10.9. The number of nitrogens with zero attached hydrogens (tertiary/aromatic N) is 5. The van der Waals surface area contributed by atoms with E-state index in [1.54, 1.807) is 22.7 Å². The van der Waals surface area contributed by atoms with Crippen molar-refractivity contribution in [1.82, 2.24) is 23.9 Å². The lowest BCUT2D eigenvalue weighted by Crippen LogP contribution is -2.44. The molecule has 3 aliphatic heterocycles. The number of fused-ring (bicyclic) bond motifs is 1. The van der Waals surface area contributed by atoms with Crippen LogP contribution in [0.2, 0.25) is 0 Å². The molecule has 1 aromatic rings. The first-order chi connectivity index (χ1) is 14.6. The summed E-state index contributed by atoms with van der Waals surface area (Å²) in [7, 11) is -1.95. The Labute approximate surface area is 183 Å². The smallest absolute Gasteiger partial charge is 0.272 e. The summed E-state index contributed by atoms with van der Waals surface area (Å²) in [6.07, 6.45) is 1.52. The zero-order valence-corrected chi connectivity index (χ0v) is 19.3. The standard InChI is InChI=1S/C20H31N5O5S/c1-13(2)17-18-15(25(20(17)27)31(4,28)29)5-6-24(18)19(26)16-11-14(21-22(16)3)12-23-7-9-30-10-8-23/h11,13,15,17-18H,5-10,12H2,1-4H3/t15-,17+,18-/m0/s1. The molecule has 3 fully saturated rings. The van der Waals surface area contributed by atoms with Crippen LogP contribution in [-0.2, 0) is 33.1 Å². The highest BCUT2D eigenvalue weighted by Gasteiger charge is 2.58. The maximum atomic E-state index is 13.5. The number of hydrogen-bond acceptors (Lipinski definition) is 7. The number of aromatic nitrogens is 2. The van der Waals surface area contributed by atoms with E-state index in [1.807, 2.05) is 13.8 Å². The molecule has 0 radical (unpaired) electrons. The number of sulfonamides is 1. The lowest BCUT2D eigenvalue weighted by atomic mass is 9.88. The summed E-state index contributed by atoms with van der Waals surface area (Å²) in [5.74, 6) is -1.22. The van der Waals surface area contributed by atoms with E-state index in [0.717, 1.165) is 29.3 Å². The molecule has 4 heterocycles. The highest BCUT2D eigenvalue weighted by atomic mass is 32.2. The van der Waals surface area contributed by atoms with E-state index in [9.17, 15) is 18.0 Å². The number of aryl methyl sites for hydroxylation is 1. The molecule has 0 saturated carbocycles. The molecule has 0 spiro atoms. The van der Waals surface area contributed by atoms with Crippen molar-refractivity contribution >= 4 is 21.8 Å². The average Bonchev–Trinajstić information content (AvgIpc) is 3.33. The second kappa shape index (κ2) is 8.18. The fourth-order valence-corrected chi connectivity index (χ4v) is 6.38. The molecule has 3 aliphatic rings. The van der Waals surface area contributed by atoms with Gasteiger partial charge in [0.05, 0.1) is 43.2 Å². The SMILES string of the molecule is CC(C)[C@H]1C(=O)N(S(C)(=O)=O)[C@H]2CCN(C(=O)c3cc(CN4CCOCC4)nn3C)[C@H]12. The van der Waals surface area contributed by atoms with Gasteiger partial charge in [0.1, 0.15) is 5.69 Å². The van der Waals surface area contributed by atoms with Crippen molar-refractivity contribution in [3.05, 3.63) is 17.5 Å². The zero-order valence-electron chi connectivity index (χ0n) is 18.5. The van der Waals surface area contributed by atoms with Crippen LogP contribution in [0.15, 0.2) is 6.07 Å². The summed E-state index contributed by atoms with van der Waals surface area (Å²) >= 11 is 0. The molecule has 31 heavy (non-hydrogen) atoms. The molecular weight excluding hydrogens is 422 g/mol. The molecule has 0 unspecified atom stereocenters. The summed E-state index contributed by atoms with van der Waals surface area (Å²) < 4.78 is 32.6. The van der Waals surface area contributed by atoms with Crippen LogP contribution in [0.1, 0.15) is 36.5 Å². The van der Waals surface area contributed by atoms with Crippen molar-refractivity contribution in [3.63, 3.8) is 0 Å². The molecule has 172 valence electrons. The Bertz CT molecular complexity index is 969. The van der Waals surface area contributed by atoms with E-state index in [0.29, 0.717) is 38.4 Å². The zero-order chi connectivity index (χ0) is 22.5. The monoisotopic (exact) mass is 453 g/mol. The summed E-state index contributed by atoms with van der Waals surface area (Å²) in [6, 6.07) is 0.855. The quantitative estimate of drug-likeness (QED) is 0.614. The third-order valence-electron chi connectivity index (χ3n) is 6.57. The molecular formula is C20H31N5O5S. The third kappa shape index (κ3) is 3.98. The normalized spacial score (nSPS) is 27.4. The number of hydrogen-bond donors (Lipinski definition) is 0. The van der Waals surface area contributed by atoms with Gasteiger partial charge in [-0.15, -0.1) is 0 Å². The number of ether oxygens (including phenoxy) is 1. The van der Waals surface area contributed by atoms with Gasteiger partial charge in [-0.2, -0.15) is 5.10 Å². The Hall–Kier alpha value is -1.98. The molecule has 0 N–H and O–H groups in total. The molecule has 4 rings (SSSR count). The van der Waals surface area contributed by atoms with Crippen LogP contribution in [0, 0.1) is 11.8 Å². The maximum Gasteiger partial charge on any atom is 0.272 e. The Morgan fingerprint density at radius 1 is 1.26 bits per heavy atom. The molecule has 3 saturated heterocycles. The first-order valence-electron chi connectivity index (χ1n) is 10.8. The first-order valence-corrected chi connectivity index (χ1v) is 12.6. The van der Waals surface area contributed by atoms with Crippen LogP contribution >= 0.6 is 0 Å². The van der Waals surface area contributed by atoms with E-state index in [1.165, 1.54) is 0 Å².